The second-order valence-electron chi connectivity index (χ2n) is 7.75. The van der Waals surface area contributed by atoms with Crippen molar-refractivity contribution < 1.29 is 9.18 Å². The predicted octanol–water partition coefficient (Wildman–Crippen LogP) is 4.12. The van der Waals surface area contributed by atoms with Gasteiger partial charge in [0.1, 0.15) is 5.82 Å². The van der Waals surface area contributed by atoms with E-state index in [0.29, 0.717) is 6.54 Å². The summed E-state index contributed by atoms with van der Waals surface area (Å²) in [6.45, 7) is 4.02. The molecule has 4 rings (SSSR count). The standard InChI is InChI=1S/C24H25FN4O/c1-17-2-6-19(7-3-17)22-10-11-23(28-27-22)29-14-12-20(13-15-29)24(30)26-16-18-4-8-21(25)9-5-18/h2-11,20H,12-16H2,1H3,(H,26,30). The average Bonchev–Trinajstić information content (AvgIpc) is 2.79. The number of anilines is 1. The lowest BCUT2D eigenvalue weighted by molar-refractivity contribution is -0.125. The van der Waals surface area contributed by atoms with E-state index < -0.39 is 0 Å². The van der Waals surface area contributed by atoms with Crippen LogP contribution in [0.15, 0.2) is 60.7 Å². The van der Waals surface area contributed by atoms with Crippen LogP contribution in [-0.2, 0) is 11.3 Å². The number of piperidine rings is 1. The molecule has 1 aliphatic rings. The highest BCUT2D eigenvalue weighted by Gasteiger charge is 2.25. The normalized spacial score (nSPS) is 14.5. The molecule has 1 saturated heterocycles. The van der Waals surface area contributed by atoms with Crippen molar-refractivity contribution in [3.8, 4) is 11.3 Å². The molecule has 30 heavy (non-hydrogen) atoms. The van der Waals surface area contributed by atoms with Crippen LogP contribution in [0.3, 0.4) is 0 Å². The lowest BCUT2D eigenvalue weighted by Gasteiger charge is -2.31. The average molecular weight is 404 g/mol. The van der Waals surface area contributed by atoms with E-state index in [2.05, 4.69) is 51.6 Å². The van der Waals surface area contributed by atoms with E-state index in [1.807, 2.05) is 12.1 Å². The van der Waals surface area contributed by atoms with Crippen LogP contribution in [0, 0.1) is 18.7 Å². The van der Waals surface area contributed by atoms with E-state index in [1.165, 1.54) is 17.7 Å². The van der Waals surface area contributed by atoms with Gasteiger partial charge >= 0.3 is 0 Å². The maximum Gasteiger partial charge on any atom is 0.223 e. The number of halogens is 1. The van der Waals surface area contributed by atoms with Crippen LogP contribution in [0.2, 0.25) is 0 Å². The van der Waals surface area contributed by atoms with Crippen LogP contribution >= 0.6 is 0 Å². The van der Waals surface area contributed by atoms with E-state index in [1.54, 1.807) is 12.1 Å². The minimum atomic E-state index is -0.271. The lowest BCUT2D eigenvalue weighted by atomic mass is 9.96. The predicted molar refractivity (Wildman–Crippen MR) is 115 cm³/mol. The summed E-state index contributed by atoms with van der Waals surface area (Å²) < 4.78 is 13.0. The smallest absolute Gasteiger partial charge is 0.223 e. The molecule has 1 aromatic heterocycles. The monoisotopic (exact) mass is 404 g/mol. The number of aryl methyl sites for hydroxylation is 1. The number of nitrogens with one attached hydrogen (secondary N) is 1. The molecule has 1 fully saturated rings. The van der Waals surface area contributed by atoms with Gasteiger partial charge in [-0.25, -0.2) is 4.39 Å². The third-order valence-electron chi connectivity index (χ3n) is 5.57. The van der Waals surface area contributed by atoms with Gasteiger partial charge in [0.05, 0.1) is 5.69 Å². The molecule has 5 nitrogen and oxygen atoms in total. The highest BCUT2D eigenvalue weighted by Crippen LogP contribution is 2.24. The highest BCUT2D eigenvalue weighted by atomic mass is 19.1. The van der Waals surface area contributed by atoms with Crippen molar-refractivity contribution in [3.63, 3.8) is 0 Å². The number of hydrogen-bond donors (Lipinski definition) is 1. The van der Waals surface area contributed by atoms with Gasteiger partial charge in [0, 0.05) is 31.1 Å². The van der Waals surface area contributed by atoms with E-state index in [4.69, 9.17) is 0 Å². The van der Waals surface area contributed by atoms with Crippen molar-refractivity contribution in [2.45, 2.75) is 26.3 Å². The molecule has 0 unspecified atom stereocenters. The Kier molecular flexibility index (Phi) is 6.02. The molecule has 6 heteroatoms. The Hall–Kier alpha value is -3.28. The fourth-order valence-corrected chi connectivity index (χ4v) is 3.68. The number of hydrogen-bond acceptors (Lipinski definition) is 4. The summed E-state index contributed by atoms with van der Waals surface area (Å²) in [5.41, 5.74) is 4.02. The summed E-state index contributed by atoms with van der Waals surface area (Å²) in [6, 6.07) is 18.4. The molecule has 2 aromatic carbocycles. The SMILES string of the molecule is Cc1ccc(-c2ccc(N3CCC(C(=O)NCc4ccc(F)cc4)CC3)nn2)cc1. The van der Waals surface area contributed by atoms with E-state index in [0.717, 1.165) is 48.6 Å². The molecule has 154 valence electrons. The third-order valence-corrected chi connectivity index (χ3v) is 5.57. The molecular formula is C24H25FN4O. The minimum absolute atomic E-state index is 0.0125. The number of rotatable bonds is 5. The topological polar surface area (TPSA) is 58.1 Å². The second kappa shape index (κ2) is 9.03. The minimum Gasteiger partial charge on any atom is -0.355 e. The number of amides is 1. The van der Waals surface area contributed by atoms with Crippen molar-refractivity contribution in [3.05, 3.63) is 77.6 Å². The fourth-order valence-electron chi connectivity index (χ4n) is 3.68. The van der Waals surface area contributed by atoms with Crippen LogP contribution in [0.5, 0.6) is 0 Å². The molecule has 0 radical (unpaired) electrons. The zero-order valence-electron chi connectivity index (χ0n) is 17.0. The Bertz CT molecular complexity index is 979. The number of carbonyl (C=O) groups excluding carboxylic acids is 1. The summed E-state index contributed by atoms with van der Waals surface area (Å²) in [4.78, 5) is 14.7. The van der Waals surface area contributed by atoms with Crippen LogP contribution in [-0.4, -0.2) is 29.2 Å². The van der Waals surface area contributed by atoms with Crippen LogP contribution < -0.4 is 10.2 Å². The van der Waals surface area contributed by atoms with Crippen LogP contribution in [0.1, 0.15) is 24.0 Å². The van der Waals surface area contributed by atoms with Crippen molar-refractivity contribution in [2.24, 2.45) is 5.92 Å². The van der Waals surface area contributed by atoms with Gasteiger partial charge in [-0.15, -0.1) is 10.2 Å². The van der Waals surface area contributed by atoms with Gasteiger partial charge in [-0.2, -0.15) is 0 Å². The Labute approximate surface area is 176 Å². The summed E-state index contributed by atoms with van der Waals surface area (Å²) in [7, 11) is 0. The van der Waals surface area contributed by atoms with Gasteiger partial charge in [0.2, 0.25) is 5.91 Å². The van der Waals surface area contributed by atoms with Crippen LogP contribution in [0.4, 0.5) is 10.2 Å². The maximum atomic E-state index is 13.0. The van der Waals surface area contributed by atoms with Gasteiger partial charge in [-0.05, 0) is 49.6 Å². The van der Waals surface area contributed by atoms with Crippen LogP contribution in [0.25, 0.3) is 11.3 Å². The van der Waals surface area contributed by atoms with E-state index >= 15 is 0 Å². The molecular weight excluding hydrogens is 379 g/mol. The summed E-state index contributed by atoms with van der Waals surface area (Å²) in [5, 5.41) is 11.7. The number of carbonyl (C=O) groups is 1. The van der Waals surface area contributed by atoms with Crippen molar-refractivity contribution in [2.75, 3.05) is 18.0 Å². The van der Waals surface area contributed by atoms with Gasteiger partial charge in [-0.3, -0.25) is 4.79 Å². The largest absolute Gasteiger partial charge is 0.355 e. The van der Waals surface area contributed by atoms with Gasteiger partial charge in [-0.1, -0.05) is 42.0 Å². The molecule has 2 heterocycles. The zero-order chi connectivity index (χ0) is 20.9. The molecule has 0 aliphatic carbocycles. The van der Waals surface area contributed by atoms with Gasteiger partial charge < -0.3 is 10.2 Å². The van der Waals surface area contributed by atoms with Gasteiger partial charge in [0.15, 0.2) is 5.82 Å². The highest BCUT2D eigenvalue weighted by molar-refractivity contribution is 5.79. The van der Waals surface area contributed by atoms with Crippen molar-refractivity contribution >= 4 is 11.7 Å². The first-order valence-corrected chi connectivity index (χ1v) is 10.3. The Balaban J connectivity index is 1.29. The molecule has 1 N–H and O–H groups in total. The summed E-state index contributed by atoms with van der Waals surface area (Å²) >= 11 is 0. The molecule has 0 spiro atoms. The first-order chi connectivity index (χ1) is 14.6. The number of benzene rings is 2. The first-order valence-electron chi connectivity index (χ1n) is 10.3. The Morgan fingerprint density at radius 2 is 1.70 bits per heavy atom. The third kappa shape index (κ3) is 4.82. The molecule has 3 aromatic rings. The summed E-state index contributed by atoms with van der Waals surface area (Å²) in [6.07, 6.45) is 1.55. The fraction of sp³-hybridized carbons (Fsp3) is 0.292. The number of aromatic nitrogens is 2. The number of nitrogens with zero attached hydrogens (tertiary/aromatic N) is 3. The van der Waals surface area contributed by atoms with Gasteiger partial charge in [0.25, 0.3) is 0 Å². The van der Waals surface area contributed by atoms with Crippen molar-refractivity contribution in [1.82, 2.24) is 15.5 Å². The zero-order valence-corrected chi connectivity index (χ0v) is 17.0. The maximum absolute atomic E-state index is 13.0. The first kappa shape index (κ1) is 20.0. The Morgan fingerprint density at radius 1 is 1.00 bits per heavy atom. The summed E-state index contributed by atoms with van der Waals surface area (Å²) in [5.74, 6) is 0.616. The van der Waals surface area contributed by atoms with E-state index in [9.17, 15) is 9.18 Å². The molecule has 1 amide bonds. The molecule has 1 aliphatic heterocycles. The Morgan fingerprint density at radius 3 is 2.33 bits per heavy atom. The quantitative estimate of drug-likeness (QED) is 0.695. The van der Waals surface area contributed by atoms with Crippen molar-refractivity contribution in [1.29, 1.82) is 0 Å². The second-order valence-corrected chi connectivity index (χ2v) is 7.75. The molecule has 0 saturated carbocycles. The molecule has 0 bridgehead atoms. The molecule has 0 atom stereocenters. The van der Waals surface area contributed by atoms with E-state index in [-0.39, 0.29) is 17.6 Å². The lowest BCUT2D eigenvalue weighted by Crippen LogP contribution is -2.40.